The average molecular weight is 326 g/mol. The lowest BCUT2D eigenvalue weighted by molar-refractivity contribution is -0.261. The van der Waals surface area contributed by atoms with E-state index in [1.54, 1.807) is 0 Å². The molecular weight excluding hydrogens is 295 g/mol. The van der Waals surface area contributed by atoms with Crippen molar-refractivity contribution in [3.05, 3.63) is 0 Å². The molecule has 0 radical (unpaired) electrons. The van der Waals surface area contributed by atoms with Crippen LogP contribution in [0.1, 0.15) is 58.3 Å². The van der Waals surface area contributed by atoms with Gasteiger partial charge >= 0.3 is 0 Å². The van der Waals surface area contributed by atoms with Crippen LogP contribution < -0.4 is 0 Å². The molecule has 0 aromatic carbocycles. The van der Waals surface area contributed by atoms with E-state index in [2.05, 4.69) is 14.8 Å². The van der Waals surface area contributed by atoms with Crippen LogP contribution in [0, 0.1) is 0 Å². The number of hydrogen-bond donors (Lipinski definition) is 0. The summed E-state index contributed by atoms with van der Waals surface area (Å²) in [6.07, 6.45) is 8.42. The van der Waals surface area contributed by atoms with Crippen LogP contribution in [0.2, 0.25) is 0 Å². The summed E-state index contributed by atoms with van der Waals surface area (Å²) in [5.41, 5.74) is -0.209. The maximum atomic E-state index is 6.27. The molecular formula is C17H31BO5. The zero-order chi connectivity index (χ0) is 16.1. The molecule has 23 heavy (non-hydrogen) atoms. The van der Waals surface area contributed by atoms with Crippen molar-refractivity contribution in [1.29, 1.82) is 0 Å². The fourth-order valence-corrected chi connectivity index (χ4v) is 3.64. The summed E-state index contributed by atoms with van der Waals surface area (Å²) in [6, 6.07) is 0. The third-order valence-corrected chi connectivity index (χ3v) is 5.17. The van der Waals surface area contributed by atoms with E-state index in [4.69, 9.17) is 23.7 Å². The topological polar surface area (TPSA) is 46.2 Å². The third-order valence-electron chi connectivity index (χ3n) is 5.17. The molecule has 0 amide bonds. The summed E-state index contributed by atoms with van der Waals surface area (Å²) in [4.78, 5) is 0. The first-order chi connectivity index (χ1) is 11.1. The molecule has 3 rings (SSSR count). The van der Waals surface area contributed by atoms with Crippen LogP contribution in [-0.4, -0.2) is 58.0 Å². The summed E-state index contributed by atoms with van der Waals surface area (Å²) in [5, 5.41) is 0. The second kappa shape index (κ2) is 8.30. The van der Waals surface area contributed by atoms with Crippen molar-refractivity contribution in [3.8, 4) is 0 Å². The van der Waals surface area contributed by atoms with E-state index < -0.39 is 0 Å². The predicted octanol–water partition coefficient (Wildman–Crippen LogP) is 1.97. The third kappa shape index (κ3) is 5.43. The Morgan fingerprint density at radius 1 is 0.913 bits per heavy atom. The van der Waals surface area contributed by atoms with Crippen LogP contribution in [-0.2, 0) is 23.7 Å². The van der Waals surface area contributed by atoms with Gasteiger partial charge in [-0.1, -0.05) is 0 Å². The molecule has 3 fully saturated rings. The van der Waals surface area contributed by atoms with Gasteiger partial charge in [-0.25, -0.2) is 0 Å². The van der Waals surface area contributed by atoms with Gasteiger partial charge in [0.1, 0.15) is 7.85 Å². The Hall–Kier alpha value is -0.135. The first-order valence-corrected chi connectivity index (χ1v) is 9.31. The Bertz CT molecular complexity index is 363. The Kier molecular flexibility index (Phi) is 6.38. The van der Waals surface area contributed by atoms with Crippen molar-refractivity contribution >= 4 is 7.85 Å². The molecule has 3 aliphatic heterocycles. The highest BCUT2D eigenvalue weighted by Gasteiger charge is 2.38. The molecule has 3 saturated heterocycles. The number of ether oxygens (including phenoxy) is 5. The van der Waals surface area contributed by atoms with E-state index in [9.17, 15) is 0 Å². The lowest BCUT2D eigenvalue weighted by atomic mass is 9.74. The monoisotopic (exact) mass is 326 g/mol. The van der Waals surface area contributed by atoms with Crippen LogP contribution in [0.15, 0.2) is 0 Å². The summed E-state index contributed by atoms with van der Waals surface area (Å²) >= 11 is 0. The fraction of sp³-hybridized carbons (Fsp3) is 1.00. The normalized spacial score (nSPS) is 43.0. The Morgan fingerprint density at radius 2 is 1.78 bits per heavy atom. The first kappa shape index (κ1) is 17.7. The van der Waals surface area contributed by atoms with Gasteiger partial charge in [-0.3, -0.25) is 0 Å². The van der Waals surface area contributed by atoms with Gasteiger partial charge < -0.3 is 23.7 Å². The lowest BCUT2D eigenvalue weighted by Gasteiger charge is -2.41. The number of rotatable bonds is 4. The van der Waals surface area contributed by atoms with E-state index in [-0.39, 0.29) is 24.2 Å². The van der Waals surface area contributed by atoms with Gasteiger partial charge in [0.15, 0.2) is 12.6 Å². The highest BCUT2D eigenvalue weighted by atomic mass is 16.7. The van der Waals surface area contributed by atoms with E-state index in [0.29, 0.717) is 12.7 Å². The van der Waals surface area contributed by atoms with Gasteiger partial charge in [-0.2, -0.15) is 0 Å². The highest BCUT2D eigenvalue weighted by Crippen LogP contribution is 2.31. The fourth-order valence-electron chi connectivity index (χ4n) is 3.64. The average Bonchev–Trinajstić information content (AvgIpc) is 2.73. The molecule has 0 bridgehead atoms. The molecule has 3 aliphatic rings. The van der Waals surface area contributed by atoms with E-state index in [1.165, 1.54) is 6.42 Å². The zero-order valence-electron chi connectivity index (χ0n) is 14.6. The molecule has 0 saturated carbocycles. The van der Waals surface area contributed by atoms with Crippen molar-refractivity contribution < 1.29 is 23.7 Å². The molecule has 5 unspecified atom stereocenters. The Balaban J connectivity index is 1.48. The molecule has 0 aliphatic carbocycles. The van der Waals surface area contributed by atoms with Crippen LogP contribution >= 0.6 is 0 Å². The van der Waals surface area contributed by atoms with Gasteiger partial charge in [-0.05, 0) is 51.9 Å². The zero-order valence-corrected chi connectivity index (χ0v) is 14.6. The van der Waals surface area contributed by atoms with Crippen LogP contribution in [0.3, 0.4) is 0 Å². The van der Waals surface area contributed by atoms with E-state index >= 15 is 0 Å². The maximum absolute atomic E-state index is 6.27. The summed E-state index contributed by atoms with van der Waals surface area (Å²) in [5.74, 6) is 0. The van der Waals surface area contributed by atoms with Gasteiger partial charge in [-0.15, -0.1) is 0 Å². The van der Waals surface area contributed by atoms with Gasteiger partial charge in [0.05, 0.1) is 18.8 Å². The second-order valence-corrected chi connectivity index (χ2v) is 7.42. The van der Waals surface area contributed by atoms with E-state index in [1.807, 2.05) is 0 Å². The molecule has 5 atom stereocenters. The van der Waals surface area contributed by atoms with Crippen LogP contribution in [0.4, 0.5) is 0 Å². The number of hydrogen-bond acceptors (Lipinski definition) is 5. The minimum absolute atomic E-state index is 0.0559. The van der Waals surface area contributed by atoms with Crippen molar-refractivity contribution in [1.82, 2.24) is 0 Å². The summed E-state index contributed by atoms with van der Waals surface area (Å²) < 4.78 is 29.8. The maximum Gasteiger partial charge on any atom is 0.159 e. The predicted molar refractivity (Wildman–Crippen MR) is 89.1 cm³/mol. The van der Waals surface area contributed by atoms with Crippen LogP contribution in [0.5, 0.6) is 0 Å². The standard InChI is InChI=1S/C17H31BO5/c1-13-5-6-14(7-10-19-13)22-16-12-17(18,8-11-21-16)23-15-4-2-3-9-20-15/h13-16H,2-12,18H2,1H3. The summed E-state index contributed by atoms with van der Waals surface area (Å²) in [6.45, 7) is 4.42. The molecule has 0 N–H and O–H groups in total. The van der Waals surface area contributed by atoms with Crippen molar-refractivity contribution in [3.63, 3.8) is 0 Å². The smallest absolute Gasteiger partial charge is 0.159 e. The van der Waals surface area contributed by atoms with E-state index in [0.717, 1.165) is 58.2 Å². The molecule has 3 heterocycles. The molecule has 6 heteroatoms. The van der Waals surface area contributed by atoms with Crippen molar-refractivity contribution in [2.45, 2.75) is 88.6 Å². The molecule has 0 aromatic rings. The van der Waals surface area contributed by atoms with Crippen molar-refractivity contribution in [2.75, 3.05) is 19.8 Å². The lowest BCUT2D eigenvalue weighted by Crippen LogP contribution is -2.48. The van der Waals surface area contributed by atoms with Crippen LogP contribution in [0.25, 0.3) is 0 Å². The largest absolute Gasteiger partial charge is 0.378 e. The molecule has 0 aromatic heterocycles. The first-order valence-electron chi connectivity index (χ1n) is 9.31. The van der Waals surface area contributed by atoms with Gasteiger partial charge in [0.25, 0.3) is 0 Å². The highest BCUT2D eigenvalue weighted by molar-refractivity contribution is 6.14. The van der Waals surface area contributed by atoms with Crippen molar-refractivity contribution in [2.24, 2.45) is 0 Å². The Labute approximate surface area is 140 Å². The van der Waals surface area contributed by atoms with Gasteiger partial charge in [0, 0.05) is 25.1 Å². The second-order valence-electron chi connectivity index (χ2n) is 7.42. The SMILES string of the molecule is BC1(OC2CCCCO2)CCOC(OC2CCOC(C)CC2)C1. The minimum Gasteiger partial charge on any atom is -0.378 e. The van der Waals surface area contributed by atoms with Gasteiger partial charge in [0.2, 0.25) is 0 Å². The minimum atomic E-state index is -0.209. The molecule has 132 valence electrons. The molecule has 0 spiro atoms. The quantitative estimate of drug-likeness (QED) is 0.739. The molecule has 5 nitrogen and oxygen atoms in total. The summed E-state index contributed by atoms with van der Waals surface area (Å²) in [7, 11) is 2.17. The Morgan fingerprint density at radius 3 is 2.61 bits per heavy atom.